The summed E-state index contributed by atoms with van der Waals surface area (Å²) in [5.74, 6) is 0. The molecule has 1 atom stereocenters. The Balaban J connectivity index is 2.02. The van der Waals surface area contributed by atoms with Gasteiger partial charge in [-0.3, -0.25) is 0 Å². The van der Waals surface area contributed by atoms with Crippen LogP contribution in [0.2, 0.25) is 0 Å². The third kappa shape index (κ3) is 2.79. The Kier molecular flexibility index (Phi) is 3.46. The van der Waals surface area contributed by atoms with Gasteiger partial charge in [0.25, 0.3) is 0 Å². The Morgan fingerprint density at radius 3 is 2.80 bits per heavy atom. The first kappa shape index (κ1) is 11.5. The Morgan fingerprint density at radius 2 is 2.13 bits per heavy atom. The number of alkyl halides is 1. The molecule has 2 rings (SSSR count). The van der Waals surface area contributed by atoms with Crippen molar-refractivity contribution < 1.29 is 0 Å². The molecule has 2 heteroatoms. The van der Waals surface area contributed by atoms with E-state index in [1.54, 1.807) is 0 Å². The standard InChI is InChI=1S/C13H17BrS/c1-13(2,9-14)8-11-7-10-5-3-4-6-12(10)15-11/h3-6,11H,7-9H2,1-2H3. The van der Waals surface area contributed by atoms with Crippen LogP contribution in [0.25, 0.3) is 0 Å². The molecule has 0 N–H and O–H groups in total. The number of fused-ring (bicyclic) bond motifs is 1. The third-order valence-corrected chi connectivity index (χ3v) is 5.69. The van der Waals surface area contributed by atoms with Crippen LogP contribution in [0.3, 0.4) is 0 Å². The summed E-state index contributed by atoms with van der Waals surface area (Å²) in [7, 11) is 0. The molecule has 0 aromatic heterocycles. The molecule has 0 bridgehead atoms. The van der Waals surface area contributed by atoms with E-state index in [0.717, 1.165) is 10.6 Å². The highest BCUT2D eigenvalue weighted by atomic mass is 79.9. The monoisotopic (exact) mass is 284 g/mol. The van der Waals surface area contributed by atoms with Crippen molar-refractivity contribution in [3.63, 3.8) is 0 Å². The summed E-state index contributed by atoms with van der Waals surface area (Å²) in [4.78, 5) is 1.49. The van der Waals surface area contributed by atoms with Crippen molar-refractivity contribution in [2.45, 2.75) is 36.8 Å². The van der Waals surface area contributed by atoms with Crippen LogP contribution < -0.4 is 0 Å². The van der Waals surface area contributed by atoms with Crippen molar-refractivity contribution in [3.05, 3.63) is 29.8 Å². The predicted octanol–water partition coefficient (Wildman–Crippen LogP) is 4.51. The van der Waals surface area contributed by atoms with Crippen LogP contribution in [-0.4, -0.2) is 10.6 Å². The molecule has 1 aliphatic heterocycles. The molecule has 0 aliphatic carbocycles. The molecule has 0 amide bonds. The fraction of sp³-hybridized carbons (Fsp3) is 0.538. The summed E-state index contributed by atoms with van der Waals surface area (Å²) in [5.41, 5.74) is 1.96. The lowest BCUT2D eigenvalue weighted by molar-refractivity contribution is 0.385. The fourth-order valence-electron chi connectivity index (χ4n) is 2.04. The Labute approximate surface area is 105 Å². The molecule has 0 saturated carbocycles. The normalized spacial score (nSPS) is 20.3. The minimum Gasteiger partial charge on any atom is -0.122 e. The van der Waals surface area contributed by atoms with Crippen LogP contribution in [0, 0.1) is 5.41 Å². The smallest absolute Gasteiger partial charge is 0.0141 e. The highest BCUT2D eigenvalue weighted by molar-refractivity contribution is 9.09. The van der Waals surface area contributed by atoms with E-state index in [-0.39, 0.29) is 0 Å². The highest BCUT2D eigenvalue weighted by Gasteiger charge is 2.27. The van der Waals surface area contributed by atoms with Gasteiger partial charge >= 0.3 is 0 Å². The molecule has 1 aromatic rings. The predicted molar refractivity (Wildman–Crippen MR) is 72.0 cm³/mol. The van der Waals surface area contributed by atoms with Gasteiger partial charge in [0.1, 0.15) is 0 Å². The zero-order valence-electron chi connectivity index (χ0n) is 9.29. The number of halogens is 1. The molecule has 15 heavy (non-hydrogen) atoms. The largest absolute Gasteiger partial charge is 0.122 e. The van der Waals surface area contributed by atoms with E-state index >= 15 is 0 Å². The zero-order chi connectivity index (χ0) is 10.9. The van der Waals surface area contributed by atoms with Gasteiger partial charge < -0.3 is 0 Å². The maximum atomic E-state index is 3.60. The molecule has 0 saturated heterocycles. The minimum absolute atomic E-state index is 0.416. The van der Waals surface area contributed by atoms with Gasteiger partial charge in [-0.2, -0.15) is 0 Å². The SMILES string of the molecule is CC(C)(CBr)CC1Cc2ccccc2S1. The Bertz CT molecular complexity index is 321. The molecule has 0 spiro atoms. The first-order chi connectivity index (χ1) is 7.11. The number of hydrogen-bond donors (Lipinski definition) is 0. The van der Waals surface area contributed by atoms with Crippen LogP contribution in [0.5, 0.6) is 0 Å². The van der Waals surface area contributed by atoms with Gasteiger partial charge in [-0.1, -0.05) is 48.0 Å². The first-order valence-electron chi connectivity index (χ1n) is 5.41. The average molecular weight is 285 g/mol. The van der Waals surface area contributed by atoms with Crippen molar-refractivity contribution in [3.8, 4) is 0 Å². The molecule has 1 heterocycles. The second-order valence-corrected chi connectivity index (χ2v) is 6.96. The topological polar surface area (TPSA) is 0 Å². The summed E-state index contributed by atoms with van der Waals surface area (Å²) in [6.45, 7) is 4.68. The Hall–Kier alpha value is 0.0500. The average Bonchev–Trinajstić information content (AvgIpc) is 2.58. The van der Waals surface area contributed by atoms with Crippen LogP contribution in [0.4, 0.5) is 0 Å². The van der Waals surface area contributed by atoms with Gasteiger partial charge in [-0.05, 0) is 29.9 Å². The lowest BCUT2D eigenvalue weighted by atomic mass is 9.89. The second kappa shape index (κ2) is 4.50. The van der Waals surface area contributed by atoms with Crippen LogP contribution in [0.1, 0.15) is 25.8 Å². The number of rotatable bonds is 3. The minimum atomic E-state index is 0.416. The maximum Gasteiger partial charge on any atom is 0.0141 e. The van der Waals surface area contributed by atoms with E-state index in [1.807, 2.05) is 0 Å². The van der Waals surface area contributed by atoms with Gasteiger partial charge in [0.2, 0.25) is 0 Å². The van der Waals surface area contributed by atoms with Gasteiger partial charge in [0.15, 0.2) is 0 Å². The number of thioether (sulfide) groups is 1. The van der Waals surface area contributed by atoms with Crippen molar-refractivity contribution in [1.82, 2.24) is 0 Å². The maximum absolute atomic E-state index is 3.60. The molecule has 0 fully saturated rings. The first-order valence-corrected chi connectivity index (χ1v) is 7.41. The summed E-state index contributed by atoms with van der Waals surface area (Å²) in [5, 5.41) is 1.86. The highest BCUT2D eigenvalue weighted by Crippen LogP contribution is 2.42. The van der Waals surface area contributed by atoms with E-state index < -0.39 is 0 Å². The molecule has 0 radical (unpaired) electrons. The second-order valence-electron chi connectivity index (χ2n) is 5.05. The Morgan fingerprint density at radius 1 is 1.40 bits per heavy atom. The van der Waals surface area contributed by atoms with E-state index in [9.17, 15) is 0 Å². The lowest BCUT2D eigenvalue weighted by Gasteiger charge is -2.24. The van der Waals surface area contributed by atoms with Crippen LogP contribution >= 0.6 is 27.7 Å². The van der Waals surface area contributed by atoms with Crippen molar-refractivity contribution in [2.24, 2.45) is 5.41 Å². The third-order valence-electron chi connectivity index (χ3n) is 2.86. The van der Waals surface area contributed by atoms with Gasteiger partial charge in [-0.25, -0.2) is 0 Å². The summed E-state index contributed by atoms with van der Waals surface area (Å²) in [6.07, 6.45) is 2.54. The molecule has 1 aliphatic rings. The fourth-order valence-corrected chi connectivity index (χ4v) is 3.88. The molecular weight excluding hydrogens is 268 g/mol. The van der Waals surface area contributed by atoms with E-state index in [0.29, 0.717) is 5.41 Å². The molecule has 1 unspecified atom stereocenters. The van der Waals surface area contributed by atoms with Crippen molar-refractivity contribution >= 4 is 27.7 Å². The van der Waals surface area contributed by atoms with Crippen molar-refractivity contribution in [1.29, 1.82) is 0 Å². The molecule has 1 aromatic carbocycles. The van der Waals surface area contributed by atoms with Gasteiger partial charge in [0.05, 0.1) is 0 Å². The number of benzene rings is 1. The van der Waals surface area contributed by atoms with Crippen LogP contribution in [0.15, 0.2) is 29.2 Å². The summed E-state index contributed by atoms with van der Waals surface area (Å²) in [6, 6.07) is 8.81. The zero-order valence-corrected chi connectivity index (χ0v) is 11.7. The molecule has 0 nitrogen and oxygen atoms in total. The van der Waals surface area contributed by atoms with Gasteiger partial charge in [-0.15, -0.1) is 11.8 Å². The lowest BCUT2D eigenvalue weighted by Crippen LogP contribution is -2.19. The number of hydrogen-bond acceptors (Lipinski definition) is 1. The van der Waals surface area contributed by atoms with E-state index in [4.69, 9.17) is 0 Å². The van der Waals surface area contributed by atoms with E-state index in [2.05, 4.69) is 65.8 Å². The summed E-state index contributed by atoms with van der Waals surface area (Å²) < 4.78 is 0. The van der Waals surface area contributed by atoms with Gasteiger partial charge in [0, 0.05) is 15.5 Å². The van der Waals surface area contributed by atoms with E-state index in [1.165, 1.54) is 23.3 Å². The summed E-state index contributed by atoms with van der Waals surface area (Å²) >= 11 is 5.66. The van der Waals surface area contributed by atoms with Crippen molar-refractivity contribution in [2.75, 3.05) is 5.33 Å². The van der Waals surface area contributed by atoms with Crippen LogP contribution in [-0.2, 0) is 6.42 Å². The molecule has 82 valence electrons. The quantitative estimate of drug-likeness (QED) is 0.736. The molecular formula is C13H17BrS.